The Hall–Kier alpha value is -1.08. The molecule has 6 heteroatoms. The second-order valence-electron chi connectivity index (χ2n) is 13.4. The van der Waals surface area contributed by atoms with Crippen molar-refractivity contribution >= 4 is 11.6 Å². The number of allylic oxidation sites excluding steroid dienone is 2. The van der Waals surface area contributed by atoms with Crippen molar-refractivity contribution in [3.63, 3.8) is 0 Å². The number of hydrogen-bond donors (Lipinski definition) is 2. The number of ether oxygens (including phenoxy) is 2. The molecule has 0 amide bonds. The SMILES string of the molecule is CC(C)C1(O)C(C)OC2C(C3CC(=O)C4=C5CCC6CC(=O)CCC6(C)C5CCC43C)C(O)OC21. The number of hydrogen-bond acceptors (Lipinski definition) is 6. The summed E-state index contributed by atoms with van der Waals surface area (Å²) in [7, 11) is 0. The molecule has 11 atom stereocenters. The number of carbonyl (C=O) groups is 2. The Morgan fingerprint density at radius 1 is 1.03 bits per heavy atom. The highest BCUT2D eigenvalue weighted by molar-refractivity contribution is 6.00. The van der Waals surface area contributed by atoms with Gasteiger partial charge in [0.2, 0.25) is 0 Å². The van der Waals surface area contributed by atoms with Crippen molar-refractivity contribution in [3.8, 4) is 0 Å². The summed E-state index contributed by atoms with van der Waals surface area (Å²) in [6, 6.07) is 0. The molecule has 2 saturated heterocycles. The first-order valence-electron chi connectivity index (χ1n) is 13.9. The number of aliphatic hydroxyl groups excluding tert-OH is 1. The minimum atomic E-state index is -1.16. The molecule has 2 N–H and O–H groups in total. The molecule has 4 aliphatic carbocycles. The van der Waals surface area contributed by atoms with E-state index in [9.17, 15) is 19.8 Å². The van der Waals surface area contributed by atoms with Crippen molar-refractivity contribution in [3.05, 3.63) is 11.1 Å². The van der Waals surface area contributed by atoms with Gasteiger partial charge in [-0.15, -0.1) is 0 Å². The fourth-order valence-electron chi connectivity index (χ4n) is 9.73. The Balaban J connectivity index is 1.36. The van der Waals surface area contributed by atoms with Crippen LogP contribution in [0.3, 0.4) is 0 Å². The molecule has 0 spiro atoms. The fraction of sp³-hybridized carbons (Fsp3) is 0.862. The summed E-state index contributed by atoms with van der Waals surface area (Å²) in [6.07, 6.45) is 4.13. The summed E-state index contributed by atoms with van der Waals surface area (Å²) in [5.41, 5.74) is 1.01. The van der Waals surface area contributed by atoms with E-state index in [0.29, 0.717) is 36.9 Å². The standard InChI is InChI=1S/C29H42O6/c1-14(2)29(33)15(3)34-24-22(26(32)35-25(24)29)20-13-21(31)23-18-7-6-16-12-17(30)8-10-27(16,4)19(18)9-11-28(20,23)5/h14-16,19-20,22,24-26,32-33H,6-13H2,1-5H3. The van der Waals surface area contributed by atoms with Gasteiger partial charge >= 0.3 is 0 Å². The smallest absolute Gasteiger partial charge is 0.160 e. The first-order valence-corrected chi connectivity index (χ1v) is 13.9. The molecule has 6 aliphatic rings. The lowest BCUT2D eigenvalue weighted by atomic mass is 9.49. The highest BCUT2D eigenvalue weighted by atomic mass is 16.7. The van der Waals surface area contributed by atoms with Crippen molar-refractivity contribution in [1.29, 1.82) is 0 Å². The molecule has 0 aromatic rings. The van der Waals surface area contributed by atoms with Crippen molar-refractivity contribution in [2.24, 2.45) is 40.4 Å². The van der Waals surface area contributed by atoms with Crippen molar-refractivity contribution in [1.82, 2.24) is 0 Å². The molecule has 2 aliphatic heterocycles. The van der Waals surface area contributed by atoms with E-state index in [0.717, 1.165) is 37.7 Å². The first kappa shape index (κ1) is 24.3. The summed E-state index contributed by atoms with van der Waals surface area (Å²) in [6.45, 7) is 10.4. The van der Waals surface area contributed by atoms with E-state index >= 15 is 0 Å². The van der Waals surface area contributed by atoms with E-state index in [1.165, 1.54) is 5.57 Å². The van der Waals surface area contributed by atoms with Gasteiger partial charge in [-0.2, -0.15) is 0 Å². The van der Waals surface area contributed by atoms with Gasteiger partial charge in [-0.05, 0) is 73.5 Å². The van der Waals surface area contributed by atoms with Crippen LogP contribution in [0.1, 0.15) is 86.0 Å². The average Bonchev–Trinajstić information content (AvgIpc) is 3.34. The summed E-state index contributed by atoms with van der Waals surface area (Å²) < 4.78 is 12.4. The van der Waals surface area contributed by atoms with E-state index in [4.69, 9.17) is 9.47 Å². The van der Waals surface area contributed by atoms with Crippen molar-refractivity contribution < 1.29 is 29.3 Å². The third-order valence-corrected chi connectivity index (χ3v) is 11.8. The average molecular weight is 487 g/mol. The molecule has 6 nitrogen and oxygen atoms in total. The molecule has 35 heavy (non-hydrogen) atoms. The molecule has 0 aromatic heterocycles. The monoisotopic (exact) mass is 486 g/mol. The second kappa shape index (κ2) is 7.72. The summed E-state index contributed by atoms with van der Waals surface area (Å²) in [5.74, 6) is 0.964. The normalized spacial score (nSPS) is 53.6. The highest BCUT2D eigenvalue weighted by Gasteiger charge is 2.68. The van der Waals surface area contributed by atoms with Crippen molar-refractivity contribution in [2.45, 2.75) is 116 Å². The van der Waals surface area contributed by atoms with E-state index in [2.05, 4.69) is 13.8 Å². The zero-order valence-electron chi connectivity index (χ0n) is 21.9. The number of carbonyl (C=O) groups excluding carboxylic acids is 2. The molecule has 0 bridgehead atoms. The minimum absolute atomic E-state index is 0.0661. The lowest BCUT2D eigenvalue weighted by Gasteiger charge is -2.55. The third kappa shape index (κ3) is 3.03. The van der Waals surface area contributed by atoms with Crippen LogP contribution >= 0.6 is 0 Å². The topological polar surface area (TPSA) is 93.1 Å². The maximum Gasteiger partial charge on any atom is 0.160 e. The van der Waals surface area contributed by atoms with Gasteiger partial charge in [0, 0.05) is 30.8 Å². The Labute approximate surface area is 208 Å². The van der Waals surface area contributed by atoms with Crippen LogP contribution in [0.25, 0.3) is 0 Å². The molecule has 5 fully saturated rings. The number of rotatable bonds is 2. The number of aliphatic hydroxyl groups is 2. The summed E-state index contributed by atoms with van der Waals surface area (Å²) in [5, 5.41) is 22.6. The molecule has 0 aromatic carbocycles. The van der Waals surface area contributed by atoms with Gasteiger partial charge in [0.25, 0.3) is 0 Å². The zero-order valence-corrected chi connectivity index (χ0v) is 21.9. The van der Waals surface area contributed by atoms with Crippen LogP contribution in [-0.2, 0) is 19.1 Å². The molecule has 6 rings (SSSR count). The Kier molecular flexibility index (Phi) is 5.35. The molecule has 194 valence electrons. The lowest BCUT2D eigenvalue weighted by Crippen LogP contribution is -2.51. The zero-order chi connectivity index (χ0) is 25.1. The maximum atomic E-state index is 13.7. The Bertz CT molecular complexity index is 986. The highest BCUT2D eigenvalue weighted by Crippen LogP contribution is 2.66. The van der Waals surface area contributed by atoms with Crippen LogP contribution in [0.15, 0.2) is 11.1 Å². The predicted molar refractivity (Wildman–Crippen MR) is 129 cm³/mol. The van der Waals surface area contributed by atoms with Gasteiger partial charge in [-0.3, -0.25) is 9.59 Å². The molecular formula is C29H42O6. The van der Waals surface area contributed by atoms with Crippen LogP contribution in [0, 0.1) is 40.4 Å². The van der Waals surface area contributed by atoms with Crippen LogP contribution in [-0.4, -0.2) is 52.0 Å². The van der Waals surface area contributed by atoms with Crippen LogP contribution in [0.2, 0.25) is 0 Å². The van der Waals surface area contributed by atoms with Gasteiger partial charge in [0.15, 0.2) is 12.1 Å². The predicted octanol–water partition coefficient (Wildman–Crippen LogP) is 3.97. The molecule has 11 unspecified atom stereocenters. The van der Waals surface area contributed by atoms with E-state index in [1.54, 1.807) is 0 Å². The van der Waals surface area contributed by atoms with Crippen LogP contribution < -0.4 is 0 Å². The van der Waals surface area contributed by atoms with Crippen LogP contribution in [0.5, 0.6) is 0 Å². The minimum Gasteiger partial charge on any atom is -0.384 e. The number of fused-ring (bicyclic) bond motifs is 5. The van der Waals surface area contributed by atoms with Gasteiger partial charge in [-0.1, -0.05) is 33.3 Å². The van der Waals surface area contributed by atoms with Crippen molar-refractivity contribution in [2.75, 3.05) is 0 Å². The van der Waals surface area contributed by atoms with Crippen LogP contribution in [0.4, 0.5) is 0 Å². The second-order valence-corrected chi connectivity index (χ2v) is 13.4. The molecule has 2 heterocycles. The largest absolute Gasteiger partial charge is 0.384 e. The van der Waals surface area contributed by atoms with Gasteiger partial charge in [0.1, 0.15) is 17.5 Å². The fourth-order valence-corrected chi connectivity index (χ4v) is 9.73. The van der Waals surface area contributed by atoms with Gasteiger partial charge in [0.05, 0.1) is 12.2 Å². The molecule has 3 saturated carbocycles. The Morgan fingerprint density at radius 3 is 2.49 bits per heavy atom. The maximum absolute atomic E-state index is 13.7. The molecular weight excluding hydrogens is 444 g/mol. The number of ketones is 2. The molecule has 0 radical (unpaired) electrons. The number of Topliss-reactive ketones (excluding diaryl/α,β-unsaturated/α-hetero) is 2. The lowest BCUT2D eigenvalue weighted by molar-refractivity contribution is -0.192. The van der Waals surface area contributed by atoms with Gasteiger partial charge < -0.3 is 19.7 Å². The van der Waals surface area contributed by atoms with E-state index in [1.807, 2.05) is 20.8 Å². The first-order chi connectivity index (χ1) is 16.4. The third-order valence-electron chi connectivity index (χ3n) is 11.8. The van der Waals surface area contributed by atoms with E-state index < -0.39 is 30.2 Å². The van der Waals surface area contributed by atoms with E-state index in [-0.39, 0.29) is 34.4 Å². The summed E-state index contributed by atoms with van der Waals surface area (Å²) >= 11 is 0. The quantitative estimate of drug-likeness (QED) is 0.614. The van der Waals surface area contributed by atoms with Gasteiger partial charge in [-0.25, -0.2) is 0 Å². The Morgan fingerprint density at radius 2 is 1.77 bits per heavy atom. The summed E-state index contributed by atoms with van der Waals surface area (Å²) in [4.78, 5) is 25.9.